The predicted molar refractivity (Wildman–Crippen MR) is 109 cm³/mol. The van der Waals surface area contributed by atoms with Crippen molar-refractivity contribution in [2.75, 3.05) is 19.7 Å². The van der Waals surface area contributed by atoms with Crippen LogP contribution in [-0.4, -0.2) is 60.8 Å². The number of hydrogen-bond acceptors (Lipinski definition) is 7. The van der Waals surface area contributed by atoms with Crippen molar-refractivity contribution < 1.29 is 33.3 Å². The van der Waals surface area contributed by atoms with Gasteiger partial charge in [-0.15, -0.1) is 0 Å². The first-order chi connectivity index (χ1) is 13.0. The molecule has 0 fully saturated rings. The Morgan fingerprint density at radius 3 is 1.62 bits per heavy atom. The molecule has 2 N–H and O–H groups in total. The van der Waals surface area contributed by atoms with E-state index in [9.17, 15) is 14.4 Å². The van der Waals surface area contributed by atoms with E-state index in [1.807, 2.05) is 0 Å². The topological polar surface area (TPSA) is 112 Å². The zero-order valence-electron chi connectivity index (χ0n) is 19.3. The van der Waals surface area contributed by atoms with Crippen LogP contribution in [0.25, 0.3) is 0 Å². The van der Waals surface area contributed by atoms with Gasteiger partial charge >= 0.3 is 18.2 Å². The molecule has 0 aromatic carbocycles. The molecule has 0 bridgehead atoms. The first-order valence-electron chi connectivity index (χ1n) is 9.74. The number of hydrogen-bond donors (Lipinski definition) is 2. The fourth-order valence-electron chi connectivity index (χ4n) is 1.96. The average Bonchev–Trinajstić information content (AvgIpc) is 2.43. The molecule has 0 heterocycles. The van der Waals surface area contributed by atoms with Crippen LogP contribution in [0.3, 0.4) is 0 Å². The molecule has 9 heteroatoms. The number of ether oxygens (including phenoxy) is 4. The van der Waals surface area contributed by atoms with Crippen molar-refractivity contribution in [1.82, 2.24) is 10.6 Å². The maximum absolute atomic E-state index is 11.9. The van der Waals surface area contributed by atoms with Crippen LogP contribution in [0.2, 0.25) is 0 Å². The van der Waals surface area contributed by atoms with Gasteiger partial charge in [0.1, 0.15) is 23.4 Å². The third kappa shape index (κ3) is 17.8. The molecule has 170 valence electrons. The number of alkyl carbamates (subject to hydrolysis) is 2. The molecule has 0 spiro atoms. The number of amides is 2. The van der Waals surface area contributed by atoms with E-state index in [4.69, 9.17) is 18.9 Å². The molecule has 0 aliphatic carbocycles. The Balaban J connectivity index is 4.64. The van der Waals surface area contributed by atoms with E-state index in [0.29, 0.717) is 6.42 Å². The Bertz CT molecular complexity index is 511. The van der Waals surface area contributed by atoms with E-state index in [-0.39, 0.29) is 19.7 Å². The highest BCUT2D eigenvalue weighted by Crippen LogP contribution is 2.09. The van der Waals surface area contributed by atoms with E-state index < -0.39 is 41.1 Å². The van der Waals surface area contributed by atoms with Crippen LogP contribution >= 0.6 is 0 Å². The number of rotatable bonds is 8. The highest BCUT2D eigenvalue weighted by Gasteiger charge is 2.21. The van der Waals surface area contributed by atoms with Gasteiger partial charge in [-0.2, -0.15) is 0 Å². The van der Waals surface area contributed by atoms with Crippen molar-refractivity contribution >= 4 is 18.2 Å². The molecular formula is C20H38N2O7. The molecule has 0 radical (unpaired) electrons. The summed E-state index contributed by atoms with van der Waals surface area (Å²) in [5, 5.41) is 5.23. The summed E-state index contributed by atoms with van der Waals surface area (Å²) in [5.41, 5.74) is -1.85. The van der Waals surface area contributed by atoms with E-state index in [2.05, 4.69) is 10.6 Å². The van der Waals surface area contributed by atoms with Gasteiger partial charge in [-0.25, -0.2) is 14.4 Å². The highest BCUT2D eigenvalue weighted by molar-refractivity contribution is 5.71. The van der Waals surface area contributed by atoms with Crippen molar-refractivity contribution in [1.29, 1.82) is 0 Å². The molecule has 0 aliphatic rings. The first-order valence-corrected chi connectivity index (χ1v) is 9.74. The van der Waals surface area contributed by atoms with Crippen LogP contribution in [0.5, 0.6) is 0 Å². The molecule has 29 heavy (non-hydrogen) atoms. The standard InChI is InChI=1S/C20H38N2O7/c1-18(2,3)27-15(23)13-26-14(12-22-17(25)29-20(7,8)9)10-11-21-16(24)28-19(4,5)6/h14H,10-13H2,1-9H3,(H,21,24)(H,22,25). The van der Waals surface area contributed by atoms with E-state index in [1.165, 1.54) is 0 Å². The second-order valence-corrected chi connectivity index (χ2v) is 9.62. The monoisotopic (exact) mass is 418 g/mol. The van der Waals surface area contributed by atoms with Gasteiger partial charge < -0.3 is 29.6 Å². The minimum Gasteiger partial charge on any atom is -0.458 e. The van der Waals surface area contributed by atoms with E-state index in [0.717, 1.165) is 0 Å². The second-order valence-electron chi connectivity index (χ2n) is 9.62. The van der Waals surface area contributed by atoms with Gasteiger partial charge in [-0.1, -0.05) is 0 Å². The molecule has 0 rings (SSSR count). The van der Waals surface area contributed by atoms with Crippen molar-refractivity contribution in [2.45, 2.75) is 91.6 Å². The second kappa shape index (κ2) is 11.2. The normalized spacial score (nSPS) is 13.3. The van der Waals surface area contributed by atoms with Crippen LogP contribution in [-0.2, 0) is 23.7 Å². The average molecular weight is 419 g/mol. The summed E-state index contributed by atoms with van der Waals surface area (Å²) in [6.45, 7) is 15.9. The SMILES string of the molecule is CC(C)(C)OC(=O)COC(CCNC(=O)OC(C)(C)C)CNC(=O)OC(C)(C)C. The number of esters is 1. The molecular weight excluding hydrogens is 380 g/mol. The quantitative estimate of drug-likeness (QED) is 0.460. The molecule has 1 atom stereocenters. The van der Waals surface area contributed by atoms with Crippen LogP contribution in [0, 0.1) is 0 Å². The van der Waals surface area contributed by atoms with Crippen LogP contribution in [0.4, 0.5) is 9.59 Å². The maximum atomic E-state index is 11.9. The molecule has 9 nitrogen and oxygen atoms in total. The van der Waals surface area contributed by atoms with E-state index >= 15 is 0 Å². The minimum absolute atomic E-state index is 0.105. The van der Waals surface area contributed by atoms with Gasteiger partial charge in [0.15, 0.2) is 0 Å². The molecule has 0 aromatic rings. The molecule has 0 aliphatic heterocycles. The summed E-state index contributed by atoms with van der Waals surface area (Å²) >= 11 is 0. The number of nitrogens with one attached hydrogen (secondary N) is 2. The number of carbonyl (C=O) groups is 3. The van der Waals surface area contributed by atoms with Crippen LogP contribution in [0.1, 0.15) is 68.7 Å². The highest BCUT2D eigenvalue weighted by atomic mass is 16.6. The van der Waals surface area contributed by atoms with Crippen molar-refractivity contribution in [3.63, 3.8) is 0 Å². The lowest BCUT2D eigenvalue weighted by Crippen LogP contribution is -2.40. The number of carbonyl (C=O) groups excluding carboxylic acids is 3. The Morgan fingerprint density at radius 1 is 0.724 bits per heavy atom. The summed E-state index contributed by atoms with van der Waals surface area (Å²) in [7, 11) is 0. The summed E-state index contributed by atoms with van der Waals surface area (Å²) in [5.74, 6) is -0.514. The molecule has 1 unspecified atom stereocenters. The predicted octanol–water partition coefficient (Wildman–Crippen LogP) is 3.15. The first kappa shape index (κ1) is 27.0. The fourth-order valence-corrected chi connectivity index (χ4v) is 1.96. The largest absolute Gasteiger partial charge is 0.458 e. The summed E-state index contributed by atoms with van der Waals surface area (Å²) in [6.07, 6.45) is -1.34. The van der Waals surface area contributed by atoms with Crippen LogP contribution in [0.15, 0.2) is 0 Å². The zero-order valence-corrected chi connectivity index (χ0v) is 19.3. The van der Waals surface area contributed by atoms with E-state index in [1.54, 1.807) is 62.3 Å². The Labute approximate surface area is 174 Å². The lowest BCUT2D eigenvalue weighted by atomic mass is 10.2. The molecule has 2 amide bonds. The summed E-state index contributed by atoms with van der Waals surface area (Å²) in [4.78, 5) is 35.5. The van der Waals surface area contributed by atoms with Crippen LogP contribution < -0.4 is 10.6 Å². The Kier molecular flexibility index (Phi) is 10.4. The zero-order chi connectivity index (χ0) is 22.9. The Hall–Kier alpha value is -2.03. The lowest BCUT2D eigenvalue weighted by Gasteiger charge is -2.24. The molecule has 0 saturated carbocycles. The maximum Gasteiger partial charge on any atom is 0.407 e. The molecule has 0 aromatic heterocycles. The molecule has 0 saturated heterocycles. The lowest BCUT2D eigenvalue weighted by molar-refractivity contribution is -0.162. The van der Waals surface area contributed by atoms with Crippen molar-refractivity contribution in [2.24, 2.45) is 0 Å². The minimum atomic E-state index is -0.630. The van der Waals surface area contributed by atoms with Crippen molar-refractivity contribution in [3.8, 4) is 0 Å². The third-order valence-electron chi connectivity index (χ3n) is 2.86. The van der Waals surface area contributed by atoms with Gasteiger partial charge in [-0.05, 0) is 68.7 Å². The van der Waals surface area contributed by atoms with Crippen molar-refractivity contribution in [3.05, 3.63) is 0 Å². The van der Waals surface area contributed by atoms with Gasteiger partial charge in [0.25, 0.3) is 0 Å². The van der Waals surface area contributed by atoms with Gasteiger partial charge in [-0.3, -0.25) is 0 Å². The fraction of sp³-hybridized carbons (Fsp3) is 0.850. The summed E-state index contributed by atoms with van der Waals surface area (Å²) < 4.78 is 21.1. The third-order valence-corrected chi connectivity index (χ3v) is 2.86. The van der Waals surface area contributed by atoms with Gasteiger partial charge in [0.2, 0.25) is 0 Å². The Morgan fingerprint density at radius 2 is 1.17 bits per heavy atom. The summed E-state index contributed by atoms with van der Waals surface area (Å²) in [6, 6.07) is 0. The van der Waals surface area contributed by atoms with Gasteiger partial charge in [0.05, 0.1) is 6.10 Å². The smallest absolute Gasteiger partial charge is 0.407 e. The van der Waals surface area contributed by atoms with Gasteiger partial charge in [0, 0.05) is 13.1 Å².